The lowest BCUT2D eigenvalue weighted by molar-refractivity contribution is 0.477. The molecule has 0 aliphatic carbocycles. The van der Waals surface area contributed by atoms with Crippen molar-refractivity contribution in [1.29, 1.82) is 0 Å². The summed E-state index contributed by atoms with van der Waals surface area (Å²) in [5.41, 5.74) is 3.85. The van der Waals surface area contributed by atoms with Crippen LogP contribution in [-0.2, 0) is 0 Å². The second-order valence-corrected chi connectivity index (χ2v) is 8.11. The van der Waals surface area contributed by atoms with E-state index in [1.165, 1.54) is 6.07 Å². The van der Waals surface area contributed by atoms with Crippen LogP contribution in [-0.4, -0.2) is 10.1 Å². The van der Waals surface area contributed by atoms with Crippen LogP contribution in [0, 0.1) is 18.6 Å². The number of aryl methyl sites for hydroxylation is 1. The molecule has 3 nitrogen and oxygen atoms in total. The van der Waals surface area contributed by atoms with Crippen molar-refractivity contribution in [3.05, 3.63) is 96.2 Å². The molecule has 1 N–H and O–H groups in total. The molecule has 0 aliphatic rings. The van der Waals surface area contributed by atoms with Gasteiger partial charge in [0.1, 0.15) is 22.7 Å². The molecular formula is C28H17F2NO2. The first-order valence-electron chi connectivity index (χ1n) is 10.5. The summed E-state index contributed by atoms with van der Waals surface area (Å²) in [5, 5.41) is 12.2. The van der Waals surface area contributed by atoms with E-state index < -0.39 is 11.6 Å². The van der Waals surface area contributed by atoms with Crippen LogP contribution >= 0.6 is 0 Å². The van der Waals surface area contributed by atoms with Gasteiger partial charge in [0, 0.05) is 32.8 Å². The first kappa shape index (κ1) is 19.4. The van der Waals surface area contributed by atoms with E-state index in [2.05, 4.69) is 4.98 Å². The van der Waals surface area contributed by atoms with Crippen molar-refractivity contribution in [1.82, 2.24) is 4.98 Å². The summed E-state index contributed by atoms with van der Waals surface area (Å²) in [6.45, 7) is 1.97. The number of halogens is 2. The number of aromatic nitrogens is 1. The molecule has 160 valence electrons. The van der Waals surface area contributed by atoms with Crippen LogP contribution in [0.3, 0.4) is 0 Å². The number of phenols is 1. The van der Waals surface area contributed by atoms with Gasteiger partial charge in [-0.25, -0.2) is 8.78 Å². The monoisotopic (exact) mass is 437 g/mol. The van der Waals surface area contributed by atoms with E-state index in [1.54, 1.807) is 30.3 Å². The fourth-order valence-corrected chi connectivity index (χ4v) is 4.53. The van der Waals surface area contributed by atoms with Gasteiger partial charge in [-0.15, -0.1) is 0 Å². The Hall–Kier alpha value is -4.25. The number of pyridine rings is 1. The number of hydrogen-bond acceptors (Lipinski definition) is 3. The van der Waals surface area contributed by atoms with E-state index in [9.17, 15) is 9.50 Å². The largest absolute Gasteiger partial charge is 0.507 e. The molecule has 0 radical (unpaired) electrons. The van der Waals surface area contributed by atoms with Crippen molar-refractivity contribution < 1.29 is 18.3 Å². The molecule has 4 aromatic carbocycles. The van der Waals surface area contributed by atoms with Crippen molar-refractivity contribution in [2.24, 2.45) is 0 Å². The summed E-state index contributed by atoms with van der Waals surface area (Å²) < 4.78 is 36.7. The second kappa shape index (κ2) is 7.14. The number of aromatic hydroxyl groups is 1. The number of nitrogens with zero attached hydrogens (tertiary/aromatic N) is 1. The number of fused-ring (bicyclic) bond motifs is 4. The molecule has 0 fully saturated rings. The molecule has 6 aromatic rings. The average molecular weight is 437 g/mol. The van der Waals surface area contributed by atoms with Crippen LogP contribution < -0.4 is 0 Å². The van der Waals surface area contributed by atoms with Crippen molar-refractivity contribution in [3.8, 4) is 28.1 Å². The lowest BCUT2D eigenvalue weighted by Gasteiger charge is -2.12. The summed E-state index contributed by atoms with van der Waals surface area (Å²) in [5.74, 6) is -1.59. The van der Waals surface area contributed by atoms with Gasteiger partial charge in [0.15, 0.2) is 5.82 Å². The lowest BCUT2D eigenvalue weighted by atomic mass is 9.95. The quantitative estimate of drug-likeness (QED) is 0.301. The molecular weight excluding hydrogens is 420 g/mol. The minimum Gasteiger partial charge on any atom is -0.507 e. The third-order valence-electron chi connectivity index (χ3n) is 6.01. The Kier molecular flexibility index (Phi) is 4.20. The fourth-order valence-electron chi connectivity index (χ4n) is 4.53. The highest BCUT2D eigenvalue weighted by Gasteiger charge is 2.21. The highest BCUT2D eigenvalue weighted by Crippen LogP contribution is 2.41. The van der Waals surface area contributed by atoms with Crippen LogP contribution in [0.1, 0.15) is 5.56 Å². The number of phenolic OH excluding ortho intramolecular Hbond substituents is 1. The van der Waals surface area contributed by atoms with Gasteiger partial charge in [-0.1, -0.05) is 48.5 Å². The molecule has 33 heavy (non-hydrogen) atoms. The molecule has 0 bridgehead atoms. The van der Waals surface area contributed by atoms with Gasteiger partial charge in [-0.3, -0.25) is 4.98 Å². The van der Waals surface area contributed by atoms with Gasteiger partial charge < -0.3 is 9.52 Å². The van der Waals surface area contributed by atoms with Crippen LogP contribution in [0.25, 0.3) is 55.1 Å². The molecule has 0 aliphatic heterocycles. The summed E-state index contributed by atoms with van der Waals surface area (Å²) in [4.78, 5) is 4.35. The predicted octanol–water partition coefficient (Wildman–Crippen LogP) is 7.76. The molecule has 0 spiro atoms. The smallest absolute Gasteiger partial charge is 0.152 e. The standard InChI is InChI=1S/C28H17F2NO2/c1-15-12-20-17-7-3-5-9-24(17)33-28(20)21(13-15)27-19-11-10-18(16-6-2-4-8-23(16)32)26(30)25(19)22(29)14-31-27/h2-14,32H,1H3. The fraction of sp³-hybridized carbons (Fsp3) is 0.0357. The molecule has 0 amide bonds. The number of benzene rings is 4. The van der Waals surface area contributed by atoms with E-state index >= 15 is 4.39 Å². The maximum atomic E-state index is 15.6. The van der Waals surface area contributed by atoms with E-state index in [-0.39, 0.29) is 16.7 Å². The Balaban J connectivity index is 1.68. The van der Waals surface area contributed by atoms with Gasteiger partial charge in [0.2, 0.25) is 0 Å². The molecule has 2 heterocycles. The number of rotatable bonds is 2. The highest BCUT2D eigenvalue weighted by atomic mass is 19.1. The van der Waals surface area contributed by atoms with Crippen molar-refractivity contribution >= 4 is 32.7 Å². The normalized spacial score (nSPS) is 11.6. The molecule has 0 unspecified atom stereocenters. The van der Waals surface area contributed by atoms with Crippen molar-refractivity contribution in [3.63, 3.8) is 0 Å². The zero-order chi connectivity index (χ0) is 22.7. The third kappa shape index (κ3) is 2.89. The van der Waals surface area contributed by atoms with Gasteiger partial charge in [0.25, 0.3) is 0 Å². The van der Waals surface area contributed by atoms with Gasteiger partial charge >= 0.3 is 0 Å². The summed E-state index contributed by atoms with van der Waals surface area (Å²) in [7, 11) is 0. The molecule has 5 heteroatoms. The van der Waals surface area contributed by atoms with E-state index in [1.807, 2.05) is 43.3 Å². The first-order chi connectivity index (χ1) is 16.0. The van der Waals surface area contributed by atoms with Crippen molar-refractivity contribution in [2.75, 3.05) is 0 Å². The molecule has 2 aromatic heterocycles. The maximum Gasteiger partial charge on any atom is 0.152 e. The average Bonchev–Trinajstić information content (AvgIpc) is 3.18. The van der Waals surface area contributed by atoms with Crippen LogP contribution in [0.5, 0.6) is 5.75 Å². The van der Waals surface area contributed by atoms with Crippen LogP contribution in [0.4, 0.5) is 8.78 Å². The number of furan rings is 1. The Labute approximate surface area is 187 Å². The second-order valence-electron chi connectivity index (χ2n) is 8.11. The topological polar surface area (TPSA) is 46.3 Å². The maximum absolute atomic E-state index is 15.6. The van der Waals surface area contributed by atoms with E-state index in [0.29, 0.717) is 27.8 Å². The first-order valence-corrected chi connectivity index (χ1v) is 10.5. The highest BCUT2D eigenvalue weighted by molar-refractivity contribution is 6.12. The molecule has 0 atom stereocenters. The zero-order valence-electron chi connectivity index (χ0n) is 17.6. The minimum atomic E-state index is -0.767. The van der Waals surface area contributed by atoms with Crippen LogP contribution in [0.15, 0.2) is 83.4 Å². The summed E-state index contributed by atoms with van der Waals surface area (Å²) >= 11 is 0. The van der Waals surface area contributed by atoms with E-state index in [4.69, 9.17) is 4.42 Å². The SMILES string of the molecule is Cc1cc(-c2ncc(F)c3c(F)c(-c4ccccc4O)ccc23)c2oc3ccccc3c2c1. The Bertz CT molecular complexity index is 1720. The molecule has 6 rings (SSSR count). The van der Waals surface area contributed by atoms with Gasteiger partial charge in [0.05, 0.1) is 17.3 Å². The van der Waals surface area contributed by atoms with Crippen molar-refractivity contribution in [2.45, 2.75) is 6.92 Å². The molecule has 0 saturated carbocycles. The lowest BCUT2D eigenvalue weighted by Crippen LogP contribution is -1.96. The minimum absolute atomic E-state index is 0.0758. The van der Waals surface area contributed by atoms with Gasteiger partial charge in [-0.2, -0.15) is 0 Å². The van der Waals surface area contributed by atoms with E-state index in [0.717, 1.165) is 28.1 Å². The number of para-hydroxylation sites is 2. The zero-order valence-corrected chi connectivity index (χ0v) is 17.6. The Morgan fingerprint density at radius 1 is 0.788 bits per heavy atom. The molecule has 0 saturated heterocycles. The van der Waals surface area contributed by atoms with Crippen LogP contribution in [0.2, 0.25) is 0 Å². The summed E-state index contributed by atoms with van der Waals surface area (Å²) in [6.07, 6.45) is 1.03. The third-order valence-corrected chi connectivity index (χ3v) is 6.01. The Morgan fingerprint density at radius 2 is 1.58 bits per heavy atom. The predicted molar refractivity (Wildman–Crippen MR) is 126 cm³/mol. The number of hydrogen-bond donors (Lipinski definition) is 1. The van der Waals surface area contributed by atoms with Gasteiger partial charge in [-0.05, 0) is 36.8 Å². The Morgan fingerprint density at radius 3 is 2.42 bits per heavy atom. The summed E-state index contributed by atoms with van der Waals surface area (Å²) in [6, 6.07) is 21.3.